The molecule has 2 aromatic rings. The van der Waals surface area contributed by atoms with E-state index >= 15 is 0 Å². The number of pyridine rings is 1. The zero-order valence-corrected chi connectivity index (χ0v) is 15.1. The van der Waals surface area contributed by atoms with Crippen LogP contribution in [0.5, 0.6) is 0 Å². The van der Waals surface area contributed by atoms with Crippen LogP contribution in [0.4, 0.5) is 0 Å². The minimum absolute atomic E-state index is 0.106. The monoisotopic (exact) mass is 363 g/mol. The second-order valence-corrected chi connectivity index (χ2v) is 6.05. The van der Waals surface area contributed by atoms with Gasteiger partial charge < -0.3 is 14.6 Å². The van der Waals surface area contributed by atoms with Crippen molar-refractivity contribution in [3.8, 4) is 11.4 Å². The molecular formula is C16H21N5O3S. The molecule has 0 radical (unpaired) electrons. The first-order valence-corrected chi connectivity index (χ1v) is 8.94. The highest BCUT2D eigenvalue weighted by atomic mass is 32.2. The maximum absolute atomic E-state index is 11.9. The number of hydrogen-bond acceptors (Lipinski definition) is 7. The fraction of sp³-hybridized carbons (Fsp3) is 0.438. The predicted molar refractivity (Wildman–Crippen MR) is 93.9 cm³/mol. The van der Waals surface area contributed by atoms with Gasteiger partial charge in [0.25, 0.3) is 0 Å². The summed E-state index contributed by atoms with van der Waals surface area (Å²) in [5, 5.41) is 11.9. The van der Waals surface area contributed by atoms with Gasteiger partial charge in [0.1, 0.15) is 0 Å². The van der Waals surface area contributed by atoms with Crippen LogP contribution in [0.3, 0.4) is 0 Å². The Balaban J connectivity index is 1.86. The molecule has 0 aliphatic carbocycles. The number of nitrogens with zero attached hydrogens (tertiary/aromatic N) is 4. The number of aromatic nitrogens is 4. The minimum Gasteiger partial charge on any atom is -0.469 e. The molecule has 25 heavy (non-hydrogen) atoms. The summed E-state index contributed by atoms with van der Waals surface area (Å²) in [6.07, 6.45) is 4.26. The number of thioether (sulfide) groups is 1. The highest BCUT2D eigenvalue weighted by Gasteiger charge is 2.14. The quantitative estimate of drug-likeness (QED) is 0.410. The smallest absolute Gasteiger partial charge is 0.305 e. The first-order chi connectivity index (χ1) is 12.2. The predicted octanol–water partition coefficient (Wildman–Crippen LogP) is 1.52. The van der Waals surface area contributed by atoms with E-state index in [4.69, 9.17) is 0 Å². The van der Waals surface area contributed by atoms with Crippen molar-refractivity contribution in [2.75, 3.05) is 19.4 Å². The van der Waals surface area contributed by atoms with Crippen LogP contribution < -0.4 is 5.32 Å². The second kappa shape index (κ2) is 9.77. The summed E-state index contributed by atoms with van der Waals surface area (Å²) in [5.41, 5.74) is 0.934. The lowest BCUT2D eigenvalue weighted by Crippen LogP contribution is -2.26. The Morgan fingerprint density at radius 1 is 1.28 bits per heavy atom. The first kappa shape index (κ1) is 18.9. The summed E-state index contributed by atoms with van der Waals surface area (Å²) in [4.78, 5) is 26.9. The van der Waals surface area contributed by atoms with Crippen molar-refractivity contribution in [1.82, 2.24) is 25.1 Å². The number of amides is 1. The van der Waals surface area contributed by atoms with E-state index < -0.39 is 0 Å². The number of hydrogen-bond donors (Lipinski definition) is 1. The van der Waals surface area contributed by atoms with Crippen molar-refractivity contribution in [2.45, 2.75) is 31.5 Å². The average Bonchev–Trinajstić information content (AvgIpc) is 3.06. The molecule has 9 heteroatoms. The van der Waals surface area contributed by atoms with E-state index in [1.807, 2.05) is 23.6 Å². The van der Waals surface area contributed by atoms with Crippen molar-refractivity contribution in [3.63, 3.8) is 0 Å². The molecule has 0 fully saturated rings. The van der Waals surface area contributed by atoms with Gasteiger partial charge in [-0.05, 0) is 25.5 Å². The van der Waals surface area contributed by atoms with Crippen LogP contribution >= 0.6 is 11.8 Å². The van der Waals surface area contributed by atoms with Gasteiger partial charge in [-0.3, -0.25) is 14.6 Å². The van der Waals surface area contributed by atoms with Gasteiger partial charge >= 0.3 is 5.97 Å². The summed E-state index contributed by atoms with van der Waals surface area (Å²) in [6.45, 7) is 3.15. The van der Waals surface area contributed by atoms with Gasteiger partial charge in [-0.25, -0.2) is 0 Å². The average molecular weight is 363 g/mol. The van der Waals surface area contributed by atoms with Gasteiger partial charge in [0.05, 0.1) is 12.9 Å². The number of carbonyl (C=O) groups is 2. The van der Waals surface area contributed by atoms with Gasteiger partial charge in [-0.15, -0.1) is 10.2 Å². The van der Waals surface area contributed by atoms with Crippen molar-refractivity contribution in [2.24, 2.45) is 0 Å². The van der Waals surface area contributed by atoms with E-state index in [0.29, 0.717) is 31.1 Å². The summed E-state index contributed by atoms with van der Waals surface area (Å²) in [5.74, 6) is 0.618. The molecule has 0 aliphatic rings. The zero-order valence-electron chi connectivity index (χ0n) is 14.3. The molecule has 0 saturated heterocycles. The molecule has 8 nitrogen and oxygen atoms in total. The molecule has 0 unspecified atom stereocenters. The van der Waals surface area contributed by atoms with Crippen molar-refractivity contribution in [3.05, 3.63) is 24.5 Å². The highest BCUT2D eigenvalue weighted by Crippen LogP contribution is 2.23. The summed E-state index contributed by atoms with van der Waals surface area (Å²) in [7, 11) is 1.35. The lowest BCUT2D eigenvalue weighted by atomic mass is 10.2. The third-order valence-corrected chi connectivity index (χ3v) is 4.38. The Hall–Kier alpha value is -2.42. The molecule has 0 bridgehead atoms. The van der Waals surface area contributed by atoms with E-state index in [9.17, 15) is 9.59 Å². The fourth-order valence-corrected chi connectivity index (χ4v) is 2.97. The van der Waals surface area contributed by atoms with E-state index in [1.165, 1.54) is 18.9 Å². The third-order valence-electron chi connectivity index (χ3n) is 3.41. The van der Waals surface area contributed by atoms with Crippen LogP contribution in [0.15, 0.2) is 29.7 Å². The standard InChI is InChI=1S/C16H21N5O3S/c1-3-21-15(12-6-9-17-10-7-12)19-20-16(21)25-11-13(22)18-8-4-5-14(23)24-2/h6-7,9-10H,3-5,8,11H2,1-2H3,(H,18,22). The first-order valence-electron chi connectivity index (χ1n) is 7.95. The molecule has 0 aromatic carbocycles. The third kappa shape index (κ3) is 5.56. The molecule has 134 valence electrons. The van der Waals surface area contributed by atoms with Crippen molar-refractivity contribution < 1.29 is 14.3 Å². The van der Waals surface area contributed by atoms with Crippen molar-refractivity contribution >= 4 is 23.6 Å². The van der Waals surface area contributed by atoms with Crippen LogP contribution in [-0.4, -0.2) is 51.0 Å². The number of esters is 1. The van der Waals surface area contributed by atoms with Crippen LogP contribution in [0, 0.1) is 0 Å². The van der Waals surface area contributed by atoms with E-state index in [-0.39, 0.29) is 17.6 Å². The Morgan fingerprint density at radius 3 is 2.72 bits per heavy atom. The van der Waals surface area contributed by atoms with Crippen LogP contribution in [0.2, 0.25) is 0 Å². The molecule has 0 aliphatic heterocycles. The lowest BCUT2D eigenvalue weighted by Gasteiger charge is -2.07. The number of methoxy groups -OCH3 is 1. The molecule has 0 spiro atoms. The van der Waals surface area contributed by atoms with Crippen LogP contribution in [-0.2, 0) is 20.9 Å². The summed E-state index contributed by atoms with van der Waals surface area (Å²) < 4.78 is 6.51. The second-order valence-electron chi connectivity index (χ2n) is 5.10. The minimum atomic E-state index is -0.275. The topological polar surface area (TPSA) is 99.0 Å². The fourth-order valence-electron chi connectivity index (χ4n) is 2.14. The number of carbonyl (C=O) groups excluding carboxylic acids is 2. The Bertz CT molecular complexity index is 705. The largest absolute Gasteiger partial charge is 0.469 e. The summed E-state index contributed by atoms with van der Waals surface area (Å²) in [6, 6.07) is 3.75. The zero-order chi connectivity index (χ0) is 18.1. The maximum Gasteiger partial charge on any atom is 0.305 e. The Morgan fingerprint density at radius 2 is 2.04 bits per heavy atom. The van der Waals surface area contributed by atoms with Gasteiger partial charge in [-0.1, -0.05) is 11.8 Å². The molecule has 1 amide bonds. The number of rotatable bonds is 9. The van der Waals surface area contributed by atoms with E-state index in [2.05, 4.69) is 25.2 Å². The van der Waals surface area contributed by atoms with Gasteiger partial charge in [-0.2, -0.15) is 0 Å². The van der Waals surface area contributed by atoms with Crippen molar-refractivity contribution in [1.29, 1.82) is 0 Å². The SMILES string of the molecule is CCn1c(SCC(=O)NCCCC(=O)OC)nnc1-c1ccncc1. The van der Waals surface area contributed by atoms with E-state index in [1.54, 1.807) is 12.4 Å². The van der Waals surface area contributed by atoms with Crippen LogP contribution in [0.25, 0.3) is 11.4 Å². The lowest BCUT2D eigenvalue weighted by molar-refractivity contribution is -0.140. The molecular weight excluding hydrogens is 342 g/mol. The molecule has 2 heterocycles. The van der Waals surface area contributed by atoms with Crippen LogP contribution in [0.1, 0.15) is 19.8 Å². The number of nitrogens with one attached hydrogen (secondary N) is 1. The molecule has 0 atom stereocenters. The molecule has 2 rings (SSSR count). The highest BCUT2D eigenvalue weighted by molar-refractivity contribution is 7.99. The van der Waals surface area contributed by atoms with E-state index in [0.717, 1.165) is 11.4 Å². The maximum atomic E-state index is 11.9. The molecule has 1 N–H and O–H groups in total. The van der Waals surface area contributed by atoms with Gasteiger partial charge in [0.15, 0.2) is 11.0 Å². The molecule has 2 aromatic heterocycles. The summed E-state index contributed by atoms with van der Waals surface area (Å²) >= 11 is 1.33. The normalized spacial score (nSPS) is 10.5. The molecule has 0 saturated carbocycles. The van der Waals surface area contributed by atoms with Gasteiger partial charge in [0, 0.05) is 37.5 Å². The Kier molecular flexibility index (Phi) is 7.39. The number of ether oxygens (including phenoxy) is 1. The Labute approximate surface area is 150 Å². The van der Waals surface area contributed by atoms with Gasteiger partial charge in [0.2, 0.25) is 5.91 Å².